The number of thioether (sulfide) groups is 1. The standard InChI is InChI=1S/C18H22OS2/c19-14-6-1-2-7-15-20-16-10-12-18(13-11-16)21-17-8-4-3-5-9-17/h3-5,8-13,19H,1-2,6-7,14-15H2. The van der Waals surface area contributed by atoms with Gasteiger partial charge in [-0.05, 0) is 55.0 Å². The fraction of sp³-hybridized carbons (Fsp3) is 0.333. The summed E-state index contributed by atoms with van der Waals surface area (Å²) in [5, 5.41) is 8.73. The first-order valence-corrected chi connectivity index (χ1v) is 9.25. The second kappa shape index (κ2) is 9.93. The molecule has 1 N–H and O–H groups in total. The molecule has 0 radical (unpaired) electrons. The Labute approximate surface area is 136 Å². The summed E-state index contributed by atoms with van der Waals surface area (Å²) in [5.41, 5.74) is 0. The Kier molecular flexibility index (Phi) is 7.79. The Morgan fingerprint density at radius 3 is 2.00 bits per heavy atom. The number of unbranched alkanes of at least 4 members (excludes halogenated alkanes) is 3. The van der Waals surface area contributed by atoms with E-state index in [1.807, 2.05) is 17.8 Å². The Hall–Kier alpha value is -0.900. The highest BCUT2D eigenvalue weighted by Crippen LogP contribution is 2.29. The van der Waals surface area contributed by atoms with E-state index in [0.717, 1.165) is 18.6 Å². The SMILES string of the molecule is OCCCCCCSc1ccc(Sc2ccccc2)cc1. The molecule has 0 saturated heterocycles. The predicted octanol–water partition coefficient (Wildman–Crippen LogP) is 5.48. The van der Waals surface area contributed by atoms with Gasteiger partial charge in [0.1, 0.15) is 0 Å². The molecule has 0 aliphatic carbocycles. The summed E-state index contributed by atoms with van der Waals surface area (Å²) < 4.78 is 0. The molecule has 0 spiro atoms. The van der Waals surface area contributed by atoms with Gasteiger partial charge in [-0.15, -0.1) is 11.8 Å². The summed E-state index contributed by atoms with van der Waals surface area (Å²) >= 11 is 3.72. The third kappa shape index (κ3) is 6.60. The van der Waals surface area contributed by atoms with E-state index in [9.17, 15) is 0 Å². The van der Waals surface area contributed by atoms with Crippen LogP contribution in [-0.2, 0) is 0 Å². The van der Waals surface area contributed by atoms with E-state index < -0.39 is 0 Å². The molecule has 3 heteroatoms. The van der Waals surface area contributed by atoms with Crippen LogP contribution in [0.5, 0.6) is 0 Å². The average Bonchev–Trinajstić information content (AvgIpc) is 2.53. The zero-order valence-electron chi connectivity index (χ0n) is 12.2. The van der Waals surface area contributed by atoms with Crippen molar-refractivity contribution in [1.29, 1.82) is 0 Å². The summed E-state index contributed by atoms with van der Waals surface area (Å²) in [6.07, 6.45) is 4.53. The van der Waals surface area contributed by atoms with Crippen LogP contribution >= 0.6 is 23.5 Å². The lowest BCUT2D eigenvalue weighted by Gasteiger charge is -2.04. The lowest BCUT2D eigenvalue weighted by molar-refractivity contribution is 0.283. The van der Waals surface area contributed by atoms with Crippen LogP contribution < -0.4 is 0 Å². The monoisotopic (exact) mass is 318 g/mol. The first-order chi connectivity index (χ1) is 10.4. The Bertz CT molecular complexity index is 496. The molecule has 0 aliphatic rings. The molecule has 0 heterocycles. The van der Waals surface area contributed by atoms with Gasteiger partial charge in [0.15, 0.2) is 0 Å². The molecule has 0 bridgehead atoms. The van der Waals surface area contributed by atoms with Crippen LogP contribution in [0.2, 0.25) is 0 Å². The molecule has 1 nitrogen and oxygen atoms in total. The summed E-state index contributed by atoms with van der Waals surface area (Å²) in [6, 6.07) is 19.3. The van der Waals surface area contributed by atoms with Crippen molar-refractivity contribution < 1.29 is 5.11 Å². The Morgan fingerprint density at radius 2 is 1.29 bits per heavy atom. The van der Waals surface area contributed by atoms with Crippen molar-refractivity contribution in [2.45, 2.75) is 40.4 Å². The highest BCUT2D eigenvalue weighted by Gasteiger charge is 1.98. The van der Waals surface area contributed by atoms with Gasteiger partial charge in [-0.2, -0.15) is 0 Å². The van der Waals surface area contributed by atoms with Crippen LogP contribution in [0, 0.1) is 0 Å². The van der Waals surface area contributed by atoms with E-state index in [4.69, 9.17) is 5.11 Å². The van der Waals surface area contributed by atoms with Gasteiger partial charge in [0, 0.05) is 21.3 Å². The third-order valence-corrected chi connectivity index (χ3v) is 5.24. The van der Waals surface area contributed by atoms with Gasteiger partial charge in [-0.3, -0.25) is 0 Å². The Morgan fingerprint density at radius 1 is 0.667 bits per heavy atom. The van der Waals surface area contributed by atoms with E-state index in [1.165, 1.54) is 27.5 Å². The molecule has 21 heavy (non-hydrogen) atoms. The van der Waals surface area contributed by atoms with Crippen LogP contribution in [0.4, 0.5) is 0 Å². The largest absolute Gasteiger partial charge is 0.396 e. The first kappa shape index (κ1) is 16.5. The van der Waals surface area contributed by atoms with Crippen LogP contribution in [0.25, 0.3) is 0 Å². The van der Waals surface area contributed by atoms with E-state index in [2.05, 4.69) is 48.5 Å². The second-order valence-corrected chi connectivity index (χ2v) is 7.19. The summed E-state index contributed by atoms with van der Waals surface area (Å²) in [7, 11) is 0. The zero-order valence-corrected chi connectivity index (χ0v) is 13.8. The normalized spacial score (nSPS) is 10.7. The summed E-state index contributed by atoms with van der Waals surface area (Å²) in [4.78, 5) is 3.91. The summed E-state index contributed by atoms with van der Waals surface area (Å²) in [6.45, 7) is 0.327. The molecule has 2 aromatic rings. The van der Waals surface area contributed by atoms with Crippen molar-refractivity contribution in [3.05, 3.63) is 54.6 Å². The number of hydrogen-bond acceptors (Lipinski definition) is 3. The molecular formula is C18H22OS2. The maximum atomic E-state index is 8.73. The van der Waals surface area contributed by atoms with Gasteiger partial charge in [0.2, 0.25) is 0 Å². The van der Waals surface area contributed by atoms with Crippen LogP contribution in [0.3, 0.4) is 0 Å². The molecule has 0 aromatic heterocycles. The van der Waals surface area contributed by atoms with Crippen molar-refractivity contribution in [3.63, 3.8) is 0 Å². The molecule has 0 atom stereocenters. The maximum absolute atomic E-state index is 8.73. The highest BCUT2D eigenvalue weighted by molar-refractivity contribution is 7.99. The number of rotatable bonds is 9. The average molecular weight is 319 g/mol. The third-order valence-electron chi connectivity index (χ3n) is 3.12. The number of aliphatic hydroxyl groups excluding tert-OH is 1. The van der Waals surface area contributed by atoms with Crippen LogP contribution in [0.1, 0.15) is 25.7 Å². The van der Waals surface area contributed by atoms with E-state index >= 15 is 0 Å². The quantitative estimate of drug-likeness (QED) is 0.488. The molecule has 0 saturated carbocycles. The van der Waals surface area contributed by atoms with Gasteiger partial charge < -0.3 is 5.11 Å². The van der Waals surface area contributed by atoms with Crippen molar-refractivity contribution in [2.24, 2.45) is 0 Å². The van der Waals surface area contributed by atoms with Gasteiger partial charge in [-0.1, -0.05) is 42.8 Å². The lowest BCUT2D eigenvalue weighted by Crippen LogP contribution is -1.85. The van der Waals surface area contributed by atoms with Gasteiger partial charge >= 0.3 is 0 Å². The summed E-state index contributed by atoms with van der Waals surface area (Å²) in [5.74, 6) is 1.16. The number of hydrogen-bond donors (Lipinski definition) is 1. The highest BCUT2D eigenvalue weighted by atomic mass is 32.2. The molecule has 0 aliphatic heterocycles. The van der Waals surface area contributed by atoms with E-state index in [0.29, 0.717) is 6.61 Å². The first-order valence-electron chi connectivity index (χ1n) is 7.45. The minimum atomic E-state index is 0.327. The van der Waals surface area contributed by atoms with E-state index in [-0.39, 0.29) is 0 Å². The Balaban J connectivity index is 1.72. The predicted molar refractivity (Wildman–Crippen MR) is 93.3 cm³/mol. The molecule has 2 rings (SSSR count). The van der Waals surface area contributed by atoms with Crippen molar-refractivity contribution in [1.82, 2.24) is 0 Å². The number of benzene rings is 2. The van der Waals surface area contributed by atoms with Crippen LogP contribution in [-0.4, -0.2) is 17.5 Å². The molecular weight excluding hydrogens is 296 g/mol. The van der Waals surface area contributed by atoms with Gasteiger partial charge in [-0.25, -0.2) is 0 Å². The van der Waals surface area contributed by atoms with E-state index in [1.54, 1.807) is 11.8 Å². The molecule has 0 unspecified atom stereocenters. The smallest absolute Gasteiger partial charge is 0.0431 e. The topological polar surface area (TPSA) is 20.2 Å². The molecule has 2 aromatic carbocycles. The van der Waals surface area contributed by atoms with Gasteiger partial charge in [0.25, 0.3) is 0 Å². The van der Waals surface area contributed by atoms with Crippen LogP contribution in [0.15, 0.2) is 69.3 Å². The minimum Gasteiger partial charge on any atom is -0.396 e. The second-order valence-electron chi connectivity index (χ2n) is 4.87. The number of aliphatic hydroxyl groups is 1. The lowest BCUT2D eigenvalue weighted by atomic mass is 10.2. The minimum absolute atomic E-state index is 0.327. The molecule has 112 valence electrons. The maximum Gasteiger partial charge on any atom is 0.0431 e. The van der Waals surface area contributed by atoms with Crippen molar-refractivity contribution in [2.75, 3.05) is 12.4 Å². The zero-order chi connectivity index (χ0) is 14.8. The van der Waals surface area contributed by atoms with Crippen molar-refractivity contribution >= 4 is 23.5 Å². The fourth-order valence-corrected chi connectivity index (χ4v) is 3.74. The molecule has 0 amide bonds. The fourth-order valence-electron chi connectivity index (χ4n) is 1.99. The van der Waals surface area contributed by atoms with Crippen molar-refractivity contribution in [3.8, 4) is 0 Å². The molecule has 0 fully saturated rings. The van der Waals surface area contributed by atoms with Gasteiger partial charge in [0.05, 0.1) is 0 Å².